The number of nitrogens with zero attached hydrogens (tertiary/aromatic N) is 3. The largest absolute Gasteiger partial charge is 0.493 e. The molecular formula is C29H39N3O. The zero-order valence-corrected chi connectivity index (χ0v) is 20.5. The van der Waals surface area contributed by atoms with Gasteiger partial charge in [0.05, 0.1) is 29.4 Å². The van der Waals surface area contributed by atoms with Gasteiger partial charge >= 0.3 is 0 Å². The van der Waals surface area contributed by atoms with E-state index in [-0.39, 0.29) is 0 Å². The highest BCUT2D eigenvalue weighted by atomic mass is 16.5. The average Bonchev–Trinajstić information content (AvgIpc) is 2.86. The molecule has 0 aliphatic carbocycles. The first kappa shape index (κ1) is 24.9. The minimum absolute atomic E-state index is 0.720. The topological polar surface area (TPSA) is 47.9 Å². The molecule has 4 nitrogen and oxygen atoms in total. The Hall–Kier alpha value is -2.75. The number of hydrogen-bond acceptors (Lipinski definition) is 4. The Bertz CT molecular complexity index is 870. The van der Waals surface area contributed by atoms with Crippen LogP contribution in [0.15, 0.2) is 60.9 Å². The van der Waals surface area contributed by atoms with Gasteiger partial charge in [0.2, 0.25) is 0 Å². The monoisotopic (exact) mass is 445 g/mol. The lowest BCUT2D eigenvalue weighted by Crippen LogP contribution is -2.02. The molecule has 0 saturated heterocycles. The SMILES string of the molecule is CCC(CCCCCCOc1cc(-c2ccccn2)nc(-c2ccccn2)c1)CCC(C)C. The second-order valence-corrected chi connectivity index (χ2v) is 9.30. The van der Waals surface area contributed by atoms with Gasteiger partial charge in [-0.1, -0.05) is 77.8 Å². The Kier molecular flexibility index (Phi) is 10.3. The summed E-state index contributed by atoms with van der Waals surface area (Å²) >= 11 is 0. The first-order valence-corrected chi connectivity index (χ1v) is 12.6. The second kappa shape index (κ2) is 13.7. The summed E-state index contributed by atoms with van der Waals surface area (Å²) in [5.74, 6) is 2.54. The van der Waals surface area contributed by atoms with Crippen molar-refractivity contribution in [1.29, 1.82) is 0 Å². The van der Waals surface area contributed by atoms with Gasteiger partial charge in [0, 0.05) is 24.5 Å². The third-order valence-corrected chi connectivity index (χ3v) is 6.16. The fourth-order valence-corrected chi connectivity index (χ4v) is 4.08. The van der Waals surface area contributed by atoms with Gasteiger partial charge in [-0.25, -0.2) is 4.98 Å². The highest BCUT2D eigenvalue weighted by Crippen LogP contribution is 2.27. The standard InChI is InChI=1S/C29H39N3O/c1-4-24(17-16-23(2)3)13-7-5-6-12-20-33-25-21-28(26-14-8-10-18-30-26)32-29(22-25)27-15-9-11-19-31-27/h8-11,14-15,18-19,21-24H,4-7,12-13,16-17,20H2,1-3H3. The first-order chi connectivity index (χ1) is 16.2. The molecular weight excluding hydrogens is 406 g/mol. The van der Waals surface area contributed by atoms with Crippen LogP contribution < -0.4 is 4.74 Å². The maximum absolute atomic E-state index is 6.15. The number of unbranched alkanes of at least 4 members (excludes halogenated alkanes) is 3. The van der Waals surface area contributed by atoms with Crippen LogP contribution in [0.5, 0.6) is 5.75 Å². The van der Waals surface area contributed by atoms with Crippen LogP contribution in [0.3, 0.4) is 0 Å². The number of ether oxygens (including phenoxy) is 1. The summed E-state index contributed by atoms with van der Waals surface area (Å²) in [5.41, 5.74) is 3.28. The van der Waals surface area contributed by atoms with Gasteiger partial charge in [0.25, 0.3) is 0 Å². The lowest BCUT2D eigenvalue weighted by atomic mass is 9.91. The second-order valence-electron chi connectivity index (χ2n) is 9.30. The molecule has 1 unspecified atom stereocenters. The molecule has 0 radical (unpaired) electrons. The van der Waals surface area contributed by atoms with E-state index in [9.17, 15) is 0 Å². The molecule has 0 bridgehead atoms. The molecule has 0 amide bonds. The fraction of sp³-hybridized carbons (Fsp3) is 0.483. The van der Waals surface area contributed by atoms with Gasteiger partial charge in [-0.3, -0.25) is 9.97 Å². The quantitative estimate of drug-likeness (QED) is 0.236. The van der Waals surface area contributed by atoms with Crippen molar-refractivity contribution in [2.45, 2.75) is 72.1 Å². The number of pyridine rings is 3. The van der Waals surface area contributed by atoms with Crippen molar-refractivity contribution >= 4 is 0 Å². The molecule has 0 aliphatic heterocycles. The van der Waals surface area contributed by atoms with E-state index in [0.717, 1.165) is 53.4 Å². The summed E-state index contributed by atoms with van der Waals surface area (Å²) < 4.78 is 6.15. The smallest absolute Gasteiger partial charge is 0.123 e. The molecule has 176 valence electrons. The Balaban J connectivity index is 1.51. The molecule has 3 rings (SSSR count). The van der Waals surface area contributed by atoms with Crippen LogP contribution in [0.1, 0.15) is 72.1 Å². The van der Waals surface area contributed by atoms with Crippen molar-refractivity contribution in [2.75, 3.05) is 6.61 Å². The van der Waals surface area contributed by atoms with Crippen molar-refractivity contribution in [3.05, 3.63) is 60.9 Å². The van der Waals surface area contributed by atoms with E-state index in [1.165, 1.54) is 44.9 Å². The molecule has 0 saturated carbocycles. The Labute approximate surface area is 199 Å². The van der Waals surface area contributed by atoms with Gasteiger partial charge in [-0.15, -0.1) is 0 Å². The fourth-order valence-electron chi connectivity index (χ4n) is 4.08. The predicted octanol–water partition coefficient (Wildman–Crippen LogP) is 8.00. The van der Waals surface area contributed by atoms with Crippen LogP contribution >= 0.6 is 0 Å². The summed E-state index contributed by atoms with van der Waals surface area (Å²) in [5, 5.41) is 0. The summed E-state index contributed by atoms with van der Waals surface area (Å²) in [6.45, 7) is 7.71. The summed E-state index contributed by atoms with van der Waals surface area (Å²) in [4.78, 5) is 13.7. The highest BCUT2D eigenvalue weighted by molar-refractivity contribution is 5.64. The van der Waals surface area contributed by atoms with E-state index in [0.29, 0.717) is 0 Å². The van der Waals surface area contributed by atoms with Crippen LogP contribution in [-0.2, 0) is 0 Å². The minimum atomic E-state index is 0.720. The first-order valence-electron chi connectivity index (χ1n) is 12.6. The van der Waals surface area contributed by atoms with Crippen LogP contribution in [-0.4, -0.2) is 21.6 Å². The molecule has 4 heteroatoms. The van der Waals surface area contributed by atoms with Gasteiger partial charge in [-0.2, -0.15) is 0 Å². The molecule has 1 atom stereocenters. The van der Waals surface area contributed by atoms with Gasteiger partial charge in [-0.05, 0) is 42.5 Å². The molecule has 0 aromatic carbocycles. The lowest BCUT2D eigenvalue weighted by molar-refractivity contribution is 0.302. The normalized spacial score (nSPS) is 12.1. The third-order valence-electron chi connectivity index (χ3n) is 6.16. The minimum Gasteiger partial charge on any atom is -0.493 e. The van der Waals surface area contributed by atoms with Crippen molar-refractivity contribution in [3.8, 4) is 28.5 Å². The molecule has 33 heavy (non-hydrogen) atoms. The highest BCUT2D eigenvalue weighted by Gasteiger charge is 2.10. The van der Waals surface area contributed by atoms with Gasteiger partial charge in [0.15, 0.2) is 0 Å². The van der Waals surface area contributed by atoms with Crippen molar-refractivity contribution in [1.82, 2.24) is 15.0 Å². The van der Waals surface area contributed by atoms with E-state index in [4.69, 9.17) is 9.72 Å². The van der Waals surface area contributed by atoms with Crippen LogP contribution in [0.4, 0.5) is 0 Å². The zero-order chi connectivity index (χ0) is 23.3. The van der Waals surface area contributed by atoms with Crippen LogP contribution in [0.25, 0.3) is 22.8 Å². The molecule has 0 fully saturated rings. The maximum Gasteiger partial charge on any atom is 0.123 e. The predicted molar refractivity (Wildman–Crippen MR) is 137 cm³/mol. The Morgan fingerprint density at radius 2 is 1.36 bits per heavy atom. The van der Waals surface area contributed by atoms with Gasteiger partial charge < -0.3 is 4.74 Å². The van der Waals surface area contributed by atoms with Crippen molar-refractivity contribution in [3.63, 3.8) is 0 Å². The van der Waals surface area contributed by atoms with E-state index < -0.39 is 0 Å². The Morgan fingerprint density at radius 3 is 1.91 bits per heavy atom. The molecule has 3 heterocycles. The van der Waals surface area contributed by atoms with Gasteiger partial charge in [0.1, 0.15) is 5.75 Å². The molecule has 3 aromatic heterocycles. The number of rotatable bonds is 14. The molecule has 0 N–H and O–H groups in total. The molecule has 0 aliphatic rings. The maximum atomic E-state index is 6.15. The van der Waals surface area contributed by atoms with E-state index in [2.05, 4.69) is 30.7 Å². The van der Waals surface area contributed by atoms with E-state index in [1.54, 1.807) is 12.4 Å². The number of aromatic nitrogens is 3. The van der Waals surface area contributed by atoms with Crippen LogP contribution in [0, 0.1) is 11.8 Å². The zero-order valence-electron chi connectivity index (χ0n) is 20.5. The number of hydrogen-bond donors (Lipinski definition) is 0. The molecule has 0 spiro atoms. The lowest BCUT2D eigenvalue weighted by Gasteiger charge is -2.16. The van der Waals surface area contributed by atoms with Crippen molar-refractivity contribution < 1.29 is 4.74 Å². The summed E-state index contributed by atoms with van der Waals surface area (Å²) in [6.07, 6.45) is 13.9. The third kappa shape index (κ3) is 8.60. The van der Waals surface area contributed by atoms with Crippen LogP contribution in [0.2, 0.25) is 0 Å². The summed E-state index contributed by atoms with van der Waals surface area (Å²) in [6, 6.07) is 15.7. The summed E-state index contributed by atoms with van der Waals surface area (Å²) in [7, 11) is 0. The van der Waals surface area contributed by atoms with E-state index >= 15 is 0 Å². The Morgan fingerprint density at radius 1 is 0.727 bits per heavy atom. The van der Waals surface area contributed by atoms with Crippen molar-refractivity contribution in [2.24, 2.45) is 11.8 Å². The average molecular weight is 446 g/mol. The van der Waals surface area contributed by atoms with E-state index in [1.807, 2.05) is 48.5 Å². The molecule has 3 aromatic rings.